The second-order valence-electron chi connectivity index (χ2n) is 6.59. The van der Waals surface area contributed by atoms with Crippen molar-refractivity contribution in [1.29, 1.82) is 0 Å². The number of fused-ring (bicyclic) bond motifs is 1. The molecule has 0 spiro atoms. The molecule has 0 fully saturated rings. The minimum Gasteiger partial charge on any atom is -0.305 e. The van der Waals surface area contributed by atoms with Crippen LogP contribution in [0.25, 0.3) is 0 Å². The lowest BCUT2D eigenvalue weighted by molar-refractivity contribution is 0.0939. The quantitative estimate of drug-likeness (QED) is 0.688. The number of carbonyl (C=O) groups is 2. The van der Waals surface area contributed by atoms with E-state index in [1.807, 2.05) is 19.9 Å². The zero-order valence-electron chi connectivity index (χ0n) is 15.8. The van der Waals surface area contributed by atoms with Crippen molar-refractivity contribution in [2.24, 2.45) is 0 Å². The molecule has 1 aliphatic rings. The number of benzene rings is 1. The summed E-state index contributed by atoms with van der Waals surface area (Å²) in [5.41, 5.74) is 2.04. The topological polar surface area (TPSA) is 93.0 Å². The van der Waals surface area contributed by atoms with Gasteiger partial charge in [-0.2, -0.15) is 18.6 Å². The van der Waals surface area contributed by atoms with Gasteiger partial charge in [0.25, 0.3) is 11.8 Å². The molecule has 2 amide bonds. The van der Waals surface area contributed by atoms with Crippen molar-refractivity contribution in [2.75, 3.05) is 16.8 Å². The SMILES string of the molecule is Cc1cc(N2C[C@H](C)n3ncc(C(=O)Nc4cnccn4)c3C2=O)ccc1Cl.S. The van der Waals surface area contributed by atoms with Gasteiger partial charge in [-0.3, -0.25) is 19.3 Å². The summed E-state index contributed by atoms with van der Waals surface area (Å²) >= 11 is 6.11. The summed E-state index contributed by atoms with van der Waals surface area (Å²) in [6.07, 6.45) is 5.82. The number of aryl methyl sites for hydroxylation is 1. The lowest BCUT2D eigenvalue weighted by Crippen LogP contribution is -2.43. The molecule has 4 rings (SSSR count). The summed E-state index contributed by atoms with van der Waals surface area (Å²) < 4.78 is 1.59. The summed E-state index contributed by atoms with van der Waals surface area (Å²) in [4.78, 5) is 35.5. The van der Waals surface area contributed by atoms with Crippen molar-refractivity contribution in [1.82, 2.24) is 19.7 Å². The van der Waals surface area contributed by atoms with E-state index in [2.05, 4.69) is 20.4 Å². The third kappa shape index (κ3) is 3.83. The fourth-order valence-electron chi connectivity index (χ4n) is 3.19. The number of halogens is 1. The molecule has 0 radical (unpaired) electrons. The zero-order valence-corrected chi connectivity index (χ0v) is 17.5. The molecule has 29 heavy (non-hydrogen) atoms. The van der Waals surface area contributed by atoms with Crippen molar-refractivity contribution < 1.29 is 9.59 Å². The molecular weight excluding hydrogens is 412 g/mol. The summed E-state index contributed by atoms with van der Waals surface area (Å²) in [6, 6.07) is 5.32. The van der Waals surface area contributed by atoms with Gasteiger partial charge in [-0.1, -0.05) is 11.6 Å². The molecule has 1 atom stereocenters. The van der Waals surface area contributed by atoms with Gasteiger partial charge in [-0.05, 0) is 37.6 Å². The molecule has 0 unspecified atom stereocenters. The Labute approximate surface area is 179 Å². The first kappa shape index (κ1) is 20.8. The maximum absolute atomic E-state index is 13.2. The van der Waals surface area contributed by atoms with E-state index in [-0.39, 0.29) is 36.7 Å². The van der Waals surface area contributed by atoms with Gasteiger partial charge in [0.2, 0.25) is 0 Å². The maximum Gasteiger partial charge on any atom is 0.277 e. The van der Waals surface area contributed by atoms with Crippen molar-refractivity contribution in [3.05, 3.63) is 64.8 Å². The fourth-order valence-corrected chi connectivity index (χ4v) is 3.31. The molecule has 0 bridgehead atoms. The number of hydrogen-bond donors (Lipinski definition) is 1. The second-order valence-corrected chi connectivity index (χ2v) is 7.00. The van der Waals surface area contributed by atoms with Crippen LogP contribution in [-0.4, -0.2) is 38.1 Å². The van der Waals surface area contributed by atoms with Gasteiger partial charge >= 0.3 is 0 Å². The Kier molecular flexibility index (Phi) is 5.90. The first-order chi connectivity index (χ1) is 13.5. The van der Waals surface area contributed by atoms with Crippen LogP contribution in [0.4, 0.5) is 11.5 Å². The van der Waals surface area contributed by atoms with E-state index in [4.69, 9.17) is 11.6 Å². The van der Waals surface area contributed by atoms with Crippen LogP contribution in [0.5, 0.6) is 0 Å². The van der Waals surface area contributed by atoms with Gasteiger partial charge in [0.15, 0.2) is 5.82 Å². The second kappa shape index (κ2) is 8.22. The van der Waals surface area contributed by atoms with Gasteiger partial charge < -0.3 is 10.2 Å². The molecule has 10 heteroatoms. The molecular formula is C19H19ClN6O2S. The number of nitrogens with zero attached hydrogens (tertiary/aromatic N) is 5. The summed E-state index contributed by atoms with van der Waals surface area (Å²) in [5.74, 6) is -0.452. The first-order valence-electron chi connectivity index (χ1n) is 8.68. The highest BCUT2D eigenvalue weighted by atomic mass is 35.5. The van der Waals surface area contributed by atoms with Gasteiger partial charge in [0, 0.05) is 29.6 Å². The number of aromatic nitrogens is 4. The number of nitrogens with one attached hydrogen (secondary N) is 1. The van der Waals surface area contributed by atoms with Gasteiger partial charge in [-0.25, -0.2) is 4.98 Å². The van der Waals surface area contributed by atoms with E-state index >= 15 is 0 Å². The Hall–Kier alpha value is -2.91. The average Bonchev–Trinajstić information content (AvgIpc) is 3.14. The van der Waals surface area contributed by atoms with Gasteiger partial charge in [0.05, 0.1) is 24.0 Å². The smallest absolute Gasteiger partial charge is 0.277 e. The predicted molar refractivity (Wildman–Crippen MR) is 115 cm³/mol. The van der Waals surface area contributed by atoms with Gasteiger partial charge in [0.1, 0.15) is 5.69 Å². The van der Waals surface area contributed by atoms with E-state index in [9.17, 15) is 9.59 Å². The lowest BCUT2D eigenvalue weighted by Gasteiger charge is -2.32. The maximum atomic E-state index is 13.2. The summed E-state index contributed by atoms with van der Waals surface area (Å²) in [6.45, 7) is 4.27. The van der Waals surface area contributed by atoms with Crippen molar-refractivity contribution in [3.63, 3.8) is 0 Å². The molecule has 1 N–H and O–H groups in total. The molecule has 1 aliphatic heterocycles. The summed E-state index contributed by atoms with van der Waals surface area (Å²) in [5, 5.41) is 7.54. The average molecular weight is 431 g/mol. The van der Waals surface area contributed by atoms with E-state index < -0.39 is 5.91 Å². The summed E-state index contributed by atoms with van der Waals surface area (Å²) in [7, 11) is 0. The molecule has 2 aromatic heterocycles. The number of rotatable bonds is 3. The zero-order chi connectivity index (χ0) is 19.8. The van der Waals surface area contributed by atoms with Crippen molar-refractivity contribution >= 4 is 48.4 Å². The molecule has 8 nitrogen and oxygen atoms in total. The molecule has 150 valence electrons. The molecule has 0 saturated carbocycles. The van der Waals surface area contributed by atoms with Crippen molar-refractivity contribution in [3.8, 4) is 0 Å². The highest BCUT2D eigenvalue weighted by Gasteiger charge is 2.35. The highest BCUT2D eigenvalue weighted by molar-refractivity contribution is 7.59. The minimum absolute atomic E-state index is 0. The van der Waals surface area contributed by atoms with E-state index in [1.165, 1.54) is 24.8 Å². The lowest BCUT2D eigenvalue weighted by atomic mass is 10.1. The standard InChI is InChI=1S/C19H17ClN6O2.H2S/c1-11-7-13(3-4-15(11)20)25-10-12(2)26-17(19(25)28)14(8-23-26)18(27)24-16-9-21-5-6-22-16;/h3-9,12H,10H2,1-2H3,(H,22,24,27);1H2/t12-;/m0./s1. The minimum atomic E-state index is -0.462. The molecule has 1 aromatic carbocycles. The third-order valence-electron chi connectivity index (χ3n) is 4.61. The predicted octanol–water partition coefficient (Wildman–Crippen LogP) is 3.22. The van der Waals surface area contributed by atoms with Crippen LogP contribution < -0.4 is 10.2 Å². The highest BCUT2D eigenvalue weighted by Crippen LogP contribution is 2.30. The molecule has 3 aromatic rings. The Morgan fingerprint density at radius 1 is 1.28 bits per heavy atom. The Morgan fingerprint density at radius 3 is 2.76 bits per heavy atom. The van der Waals surface area contributed by atoms with E-state index in [0.29, 0.717) is 17.4 Å². The van der Waals surface area contributed by atoms with Crippen LogP contribution in [0.2, 0.25) is 5.02 Å². The monoisotopic (exact) mass is 430 g/mol. The fraction of sp³-hybridized carbons (Fsp3) is 0.211. The van der Waals surface area contributed by atoms with E-state index in [0.717, 1.165) is 11.3 Å². The van der Waals surface area contributed by atoms with Gasteiger partial charge in [-0.15, -0.1) is 0 Å². The van der Waals surface area contributed by atoms with Crippen molar-refractivity contribution in [2.45, 2.75) is 19.9 Å². The molecule has 3 heterocycles. The number of anilines is 2. The number of carbonyl (C=O) groups excluding carboxylic acids is 2. The number of amides is 2. The van der Waals surface area contributed by atoms with Crippen LogP contribution in [0.1, 0.15) is 39.4 Å². The van der Waals surface area contributed by atoms with Crippen LogP contribution >= 0.6 is 25.1 Å². The van der Waals surface area contributed by atoms with Crippen LogP contribution in [0.3, 0.4) is 0 Å². The van der Waals surface area contributed by atoms with E-state index in [1.54, 1.807) is 21.7 Å². The Balaban J connectivity index is 0.00000240. The van der Waals surface area contributed by atoms with Crippen LogP contribution in [-0.2, 0) is 0 Å². The number of hydrogen-bond acceptors (Lipinski definition) is 5. The molecule has 0 saturated heterocycles. The molecule has 0 aliphatic carbocycles. The normalized spacial score (nSPS) is 15.5. The first-order valence-corrected chi connectivity index (χ1v) is 9.06. The van der Waals surface area contributed by atoms with Crippen LogP contribution in [0, 0.1) is 6.92 Å². The van der Waals surface area contributed by atoms with Crippen LogP contribution in [0.15, 0.2) is 43.0 Å². The largest absolute Gasteiger partial charge is 0.305 e. The third-order valence-corrected chi connectivity index (χ3v) is 5.03. The Morgan fingerprint density at radius 2 is 2.07 bits per heavy atom. The Bertz CT molecular complexity index is 1070.